The van der Waals surface area contributed by atoms with Crippen LogP contribution in [0.3, 0.4) is 0 Å². The van der Waals surface area contributed by atoms with Crippen LogP contribution in [0.25, 0.3) is 11.0 Å². The lowest BCUT2D eigenvalue weighted by atomic mass is 10.1. The van der Waals surface area contributed by atoms with Crippen LogP contribution in [0.4, 0.5) is 0 Å². The van der Waals surface area contributed by atoms with Crippen molar-refractivity contribution in [2.45, 2.75) is 20.0 Å². The van der Waals surface area contributed by atoms with Crippen molar-refractivity contribution >= 4 is 16.8 Å². The van der Waals surface area contributed by atoms with Gasteiger partial charge in [0.25, 0.3) is 0 Å². The van der Waals surface area contributed by atoms with Gasteiger partial charge in [-0.2, -0.15) is 0 Å². The molecule has 0 spiro atoms. The zero-order valence-electron chi connectivity index (χ0n) is 14.9. The molecule has 0 fully saturated rings. The van der Waals surface area contributed by atoms with Gasteiger partial charge in [0, 0.05) is 0 Å². The molecule has 1 N–H and O–H groups in total. The molecule has 0 saturated heterocycles. The van der Waals surface area contributed by atoms with E-state index in [0.717, 1.165) is 16.6 Å². The zero-order valence-corrected chi connectivity index (χ0v) is 16.4. The summed E-state index contributed by atoms with van der Waals surface area (Å²) < 4.78 is 8.88. The Morgan fingerprint density at radius 2 is 1.63 bits per heavy atom. The van der Waals surface area contributed by atoms with Crippen LogP contribution in [0.1, 0.15) is 21.7 Å². The number of benzene rings is 2. The number of hydrogen-bond donors (Lipinski definition) is 1. The molecule has 2 aromatic heterocycles. The zero-order chi connectivity index (χ0) is 18.1. The average molecular weight is 425 g/mol. The fourth-order valence-corrected chi connectivity index (χ4v) is 3.23. The minimum absolute atomic E-state index is 0. The van der Waals surface area contributed by atoms with Crippen LogP contribution in [0.15, 0.2) is 71.3 Å². The normalized spacial score (nSPS) is 10.7. The number of aryl methyl sites for hydroxylation is 1. The molecule has 0 aliphatic carbocycles. The van der Waals surface area contributed by atoms with Gasteiger partial charge in [0.2, 0.25) is 11.4 Å². The highest BCUT2D eigenvalue weighted by Crippen LogP contribution is 2.17. The first-order valence-electron chi connectivity index (χ1n) is 8.49. The fraction of sp³-hybridized carbons (Fsp3) is 0.143. The van der Waals surface area contributed by atoms with Gasteiger partial charge in [-0.3, -0.25) is 10.2 Å². The predicted molar refractivity (Wildman–Crippen MR) is 99.1 cm³/mol. The van der Waals surface area contributed by atoms with E-state index >= 15 is 0 Å². The third kappa shape index (κ3) is 3.53. The number of Topliss-reactive ketones (excluding diaryl/α,β-unsaturated/α-hetero) is 1. The quantitative estimate of drug-likeness (QED) is 0.480. The molecule has 0 amide bonds. The van der Waals surface area contributed by atoms with Crippen molar-refractivity contribution in [3.8, 4) is 0 Å². The molecule has 0 aliphatic rings. The first-order chi connectivity index (χ1) is 12.6. The summed E-state index contributed by atoms with van der Waals surface area (Å²) in [6, 6.07) is 19.3. The van der Waals surface area contributed by atoms with Crippen LogP contribution in [0.5, 0.6) is 0 Å². The van der Waals surface area contributed by atoms with E-state index in [2.05, 4.69) is 19.1 Å². The molecular formula is C21H19BrN3O2-. The SMILES string of the molecule is Cc1ccccc1Cn1c(=N)n(CC(=O)c2ccco2)c2ccccc21.[Br-]. The number of nitrogens with zero attached hydrogens (tertiary/aromatic N) is 2. The minimum atomic E-state index is -0.146. The number of furan rings is 1. The molecule has 138 valence electrons. The molecule has 4 rings (SSSR count). The maximum absolute atomic E-state index is 12.5. The number of halogens is 1. The lowest BCUT2D eigenvalue weighted by Gasteiger charge is -2.08. The number of para-hydroxylation sites is 2. The number of ketones is 1. The maximum Gasteiger partial charge on any atom is 0.217 e. The number of rotatable bonds is 5. The average Bonchev–Trinajstić information content (AvgIpc) is 3.27. The van der Waals surface area contributed by atoms with Gasteiger partial charge in [0.05, 0.1) is 30.4 Å². The predicted octanol–water partition coefficient (Wildman–Crippen LogP) is 0.759. The Hall–Kier alpha value is -2.86. The van der Waals surface area contributed by atoms with E-state index in [1.165, 1.54) is 11.8 Å². The van der Waals surface area contributed by atoms with Gasteiger partial charge < -0.3 is 30.5 Å². The summed E-state index contributed by atoms with van der Waals surface area (Å²) in [7, 11) is 0. The van der Waals surface area contributed by atoms with E-state index < -0.39 is 0 Å². The Morgan fingerprint density at radius 1 is 0.963 bits per heavy atom. The summed E-state index contributed by atoms with van der Waals surface area (Å²) in [5.41, 5.74) is 4.45. The van der Waals surface area contributed by atoms with E-state index in [9.17, 15) is 4.79 Å². The monoisotopic (exact) mass is 424 g/mol. The molecule has 0 unspecified atom stereocenters. The van der Waals surface area contributed by atoms with E-state index in [1.54, 1.807) is 16.7 Å². The third-order valence-corrected chi connectivity index (χ3v) is 4.66. The van der Waals surface area contributed by atoms with Crippen molar-refractivity contribution in [1.82, 2.24) is 9.13 Å². The molecule has 4 aromatic rings. The molecule has 2 heterocycles. The standard InChI is InChI=1S/C21H19N3O2.BrH/c1-15-7-2-3-8-16(15)13-23-17-9-4-5-10-18(17)24(21(23)22)14-19(25)20-11-6-12-26-20;/h2-12,22H,13-14H2,1H3;1H/p-1. The lowest BCUT2D eigenvalue weighted by molar-refractivity contribution is -0.0000134. The maximum atomic E-state index is 12.5. The number of carbonyl (C=O) groups excluding carboxylic acids is 1. The van der Waals surface area contributed by atoms with E-state index in [1.807, 2.05) is 41.0 Å². The van der Waals surface area contributed by atoms with Crippen molar-refractivity contribution in [2.24, 2.45) is 0 Å². The molecule has 0 radical (unpaired) electrons. The molecule has 0 bridgehead atoms. The smallest absolute Gasteiger partial charge is 0.217 e. The second-order valence-electron chi connectivity index (χ2n) is 6.31. The second-order valence-corrected chi connectivity index (χ2v) is 6.31. The number of aromatic nitrogens is 2. The third-order valence-electron chi connectivity index (χ3n) is 4.66. The van der Waals surface area contributed by atoms with Crippen LogP contribution >= 0.6 is 0 Å². The van der Waals surface area contributed by atoms with Crippen LogP contribution in [-0.2, 0) is 13.1 Å². The summed E-state index contributed by atoms with van der Waals surface area (Å²) in [5.74, 6) is 0.167. The van der Waals surface area contributed by atoms with Crippen LogP contribution < -0.4 is 22.6 Å². The number of carbonyl (C=O) groups is 1. The highest BCUT2D eigenvalue weighted by molar-refractivity contribution is 5.94. The molecule has 5 nitrogen and oxygen atoms in total. The summed E-state index contributed by atoms with van der Waals surface area (Å²) in [6.07, 6.45) is 1.49. The molecule has 6 heteroatoms. The molecule has 2 aromatic carbocycles. The number of fused-ring (bicyclic) bond motifs is 1. The van der Waals surface area contributed by atoms with Crippen molar-refractivity contribution in [3.05, 3.63) is 89.4 Å². The van der Waals surface area contributed by atoms with Gasteiger partial charge in [0.15, 0.2) is 5.76 Å². The molecule has 0 aliphatic heterocycles. The Balaban J connectivity index is 0.00000210. The van der Waals surface area contributed by atoms with Crippen molar-refractivity contribution in [1.29, 1.82) is 5.41 Å². The summed E-state index contributed by atoms with van der Waals surface area (Å²) in [5, 5.41) is 8.66. The Morgan fingerprint density at radius 3 is 2.30 bits per heavy atom. The van der Waals surface area contributed by atoms with E-state index in [0.29, 0.717) is 17.9 Å². The van der Waals surface area contributed by atoms with Gasteiger partial charge in [-0.1, -0.05) is 36.4 Å². The van der Waals surface area contributed by atoms with E-state index in [4.69, 9.17) is 9.83 Å². The first kappa shape index (κ1) is 18.9. The van der Waals surface area contributed by atoms with Gasteiger partial charge in [-0.05, 0) is 42.3 Å². The van der Waals surface area contributed by atoms with Crippen LogP contribution in [-0.4, -0.2) is 14.9 Å². The van der Waals surface area contributed by atoms with Crippen LogP contribution in [0, 0.1) is 12.3 Å². The van der Waals surface area contributed by atoms with Gasteiger partial charge >= 0.3 is 0 Å². The Kier molecular flexibility index (Phi) is 5.46. The van der Waals surface area contributed by atoms with Gasteiger partial charge in [-0.25, -0.2) is 0 Å². The summed E-state index contributed by atoms with van der Waals surface area (Å²) in [6.45, 7) is 2.74. The minimum Gasteiger partial charge on any atom is -1.00 e. The number of nitrogens with one attached hydrogen (secondary N) is 1. The van der Waals surface area contributed by atoms with Gasteiger partial charge in [0.1, 0.15) is 0 Å². The largest absolute Gasteiger partial charge is 1.00 e. The van der Waals surface area contributed by atoms with Crippen molar-refractivity contribution in [3.63, 3.8) is 0 Å². The molecular weight excluding hydrogens is 406 g/mol. The Bertz CT molecular complexity index is 1140. The molecule has 0 saturated carbocycles. The lowest BCUT2D eigenvalue weighted by Crippen LogP contribution is -3.00. The summed E-state index contributed by atoms with van der Waals surface area (Å²) in [4.78, 5) is 12.5. The van der Waals surface area contributed by atoms with Gasteiger partial charge in [-0.15, -0.1) is 0 Å². The van der Waals surface area contributed by atoms with Crippen LogP contribution in [0.2, 0.25) is 0 Å². The number of imidazole rings is 1. The van der Waals surface area contributed by atoms with E-state index in [-0.39, 0.29) is 29.3 Å². The molecule has 0 atom stereocenters. The highest BCUT2D eigenvalue weighted by atomic mass is 79.9. The first-order valence-corrected chi connectivity index (χ1v) is 8.49. The fourth-order valence-electron chi connectivity index (χ4n) is 3.23. The topological polar surface area (TPSA) is 63.9 Å². The second kappa shape index (κ2) is 7.80. The van der Waals surface area contributed by atoms with Crippen molar-refractivity contribution < 1.29 is 26.2 Å². The Labute approximate surface area is 167 Å². The van der Waals surface area contributed by atoms with Crippen molar-refractivity contribution in [2.75, 3.05) is 0 Å². The number of hydrogen-bond acceptors (Lipinski definition) is 3. The highest BCUT2D eigenvalue weighted by Gasteiger charge is 2.16. The summed E-state index contributed by atoms with van der Waals surface area (Å²) >= 11 is 0. The molecule has 27 heavy (non-hydrogen) atoms.